The van der Waals surface area contributed by atoms with Gasteiger partial charge in [-0.2, -0.15) is 10.2 Å². The van der Waals surface area contributed by atoms with Crippen molar-refractivity contribution < 1.29 is 9.84 Å². The number of nitriles is 1. The Bertz CT molecular complexity index is 1340. The first kappa shape index (κ1) is 19.1. The topological polar surface area (TPSA) is 96.0 Å². The summed E-state index contributed by atoms with van der Waals surface area (Å²) in [6.07, 6.45) is 0.716. The van der Waals surface area contributed by atoms with Crippen LogP contribution in [0, 0.1) is 18.3 Å². The van der Waals surface area contributed by atoms with Crippen LogP contribution in [0.5, 0.6) is 5.75 Å². The van der Waals surface area contributed by atoms with E-state index >= 15 is 0 Å². The number of nitrogens with zero attached hydrogens (tertiary/aromatic N) is 4. The highest BCUT2D eigenvalue weighted by atomic mass is 16.5. The molecule has 0 saturated heterocycles. The highest BCUT2D eigenvalue weighted by molar-refractivity contribution is 5.88. The predicted molar refractivity (Wildman–Crippen MR) is 117 cm³/mol. The average molecular weight is 411 g/mol. The molecule has 0 unspecified atom stereocenters. The zero-order valence-corrected chi connectivity index (χ0v) is 17.1. The lowest BCUT2D eigenvalue weighted by Gasteiger charge is -2.21. The number of aromatic nitrogens is 3. The maximum atomic E-state index is 9.75. The third kappa shape index (κ3) is 3.47. The van der Waals surface area contributed by atoms with Crippen molar-refractivity contribution in [3.05, 3.63) is 76.6 Å². The van der Waals surface area contributed by atoms with E-state index in [9.17, 15) is 10.4 Å². The van der Waals surface area contributed by atoms with E-state index in [-0.39, 0.29) is 5.75 Å². The van der Waals surface area contributed by atoms with Crippen molar-refractivity contribution in [1.29, 1.82) is 5.26 Å². The third-order valence-electron chi connectivity index (χ3n) is 5.53. The zero-order chi connectivity index (χ0) is 21.4. The van der Waals surface area contributed by atoms with Gasteiger partial charge in [-0.1, -0.05) is 18.2 Å². The monoisotopic (exact) mass is 411 g/mol. The van der Waals surface area contributed by atoms with Gasteiger partial charge < -0.3 is 15.2 Å². The Morgan fingerprint density at radius 1 is 1.19 bits per heavy atom. The minimum Gasteiger partial charge on any atom is -0.508 e. The van der Waals surface area contributed by atoms with Gasteiger partial charge in [0.15, 0.2) is 0 Å². The Morgan fingerprint density at radius 2 is 2.06 bits per heavy atom. The molecule has 4 aromatic rings. The Labute approximate surface area is 179 Å². The number of anilines is 1. The van der Waals surface area contributed by atoms with Gasteiger partial charge in [-0.3, -0.25) is 4.57 Å². The average Bonchev–Trinajstić information content (AvgIpc) is 3.13. The highest BCUT2D eigenvalue weighted by Crippen LogP contribution is 2.29. The number of aryl methyl sites for hydroxylation is 1. The summed E-state index contributed by atoms with van der Waals surface area (Å²) in [6, 6.07) is 17.1. The molecule has 1 aliphatic rings. The molecule has 2 aromatic carbocycles. The molecule has 0 atom stereocenters. The lowest BCUT2D eigenvalue weighted by molar-refractivity contribution is 0.109. The van der Waals surface area contributed by atoms with Crippen molar-refractivity contribution in [3.8, 4) is 17.8 Å². The second-order valence-corrected chi connectivity index (χ2v) is 7.59. The number of nitrogens with one attached hydrogen (secondary N) is 1. The van der Waals surface area contributed by atoms with Crippen molar-refractivity contribution in [2.45, 2.75) is 26.5 Å². The molecule has 0 bridgehead atoms. The third-order valence-corrected chi connectivity index (χ3v) is 5.53. The molecule has 2 aromatic heterocycles. The molecule has 3 heterocycles. The van der Waals surface area contributed by atoms with Gasteiger partial charge in [0, 0.05) is 29.6 Å². The second kappa shape index (κ2) is 7.74. The van der Waals surface area contributed by atoms with E-state index in [1.54, 1.807) is 12.1 Å². The predicted octanol–water partition coefficient (Wildman–Crippen LogP) is 3.99. The van der Waals surface area contributed by atoms with Crippen molar-refractivity contribution in [2.24, 2.45) is 0 Å². The minimum absolute atomic E-state index is 0.232. The first-order valence-corrected chi connectivity index (χ1v) is 10.1. The number of phenols is 1. The lowest BCUT2D eigenvalue weighted by atomic mass is 10.1. The molecule has 154 valence electrons. The molecule has 2 N–H and O–H groups in total. The molecule has 0 spiro atoms. The molecule has 31 heavy (non-hydrogen) atoms. The summed E-state index contributed by atoms with van der Waals surface area (Å²) in [7, 11) is 0. The van der Waals surface area contributed by atoms with Crippen molar-refractivity contribution in [1.82, 2.24) is 14.5 Å². The van der Waals surface area contributed by atoms with Gasteiger partial charge in [-0.25, -0.2) is 4.98 Å². The minimum atomic E-state index is 0.232. The molecule has 0 radical (unpaired) electrons. The fourth-order valence-corrected chi connectivity index (χ4v) is 4.04. The number of hydrogen-bond acceptors (Lipinski definition) is 6. The molecule has 0 amide bonds. The molecule has 0 fully saturated rings. The Kier molecular flexibility index (Phi) is 4.77. The largest absolute Gasteiger partial charge is 0.508 e. The number of phenolic OH excluding ortho intramolecular Hbond substituents is 1. The smallest absolute Gasteiger partial charge is 0.236 e. The van der Waals surface area contributed by atoms with Crippen LogP contribution in [0.3, 0.4) is 0 Å². The first-order valence-electron chi connectivity index (χ1n) is 10.1. The molecular weight excluding hydrogens is 390 g/mol. The highest BCUT2D eigenvalue weighted by Gasteiger charge is 2.21. The normalized spacial score (nSPS) is 13.0. The zero-order valence-electron chi connectivity index (χ0n) is 17.1. The fourth-order valence-electron chi connectivity index (χ4n) is 4.04. The maximum Gasteiger partial charge on any atom is 0.236 e. The van der Waals surface area contributed by atoms with Crippen LogP contribution >= 0.6 is 0 Å². The summed E-state index contributed by atoms with van der Waals surface area (Å²) in [5.74, 6) is 1.53. The van der Waals surface area contributed by atoms with Crippen molar-refractivity contribution in [2.75, 3.05) is 11.9 Å². The van der Waals surface area contributed by atoms with E-state index < -0.39 is 0 Å². The van der Waals surface area contributed by atoms with Crippen LogP contribution in [0.2, 0.25) is 0 Å². The van der Waals surface area contributed by atoms with E-state index in [4.69, 9.17) is 14.7 Å². The van der Waals surface area contributed by atoms with Crippen LogP contribution in [-0.4, -0.2) is 26.2 Å². The SMILES string of the molecule is Cc1cc2c(C#N)cccc2n1-c1nc2c(c(NCc3cccc(O)c3)n1)COCC2. The Balaban J connectivity index is 1.61. The fraction of sp³-hybridized carbons (Fsp3) is 0.208. The number of benzene rings is 2. The van der Waals surface area contributed by atoms with Gasteiger partial charge in [-0.15, -0.1) is 0 Å². The first-order chi connectivity index (χ1) is 15.1. The number of rotatable bonds is 4. The van der Waals surface area contributed by atoms with Crippen LogP contribution < -0.4 is 5.32 Å². The molecule has 0 aliphatic carbocycles. The molecule has 0 saturated carbocycles. The van der Waals surface area contributed by atoms with Crippen LogP contribution in [0.1, 0.15) is 28.1 Å². The van der Waals surface area contributed by atoms with E-state index in [1.165, 1.54) is 0 Å². The van der Waals surface area contributed by atoms with Crippen molar-refractivity contribution >= 4 is 16.7 Å². The molecule has 7 nitrogen and oxygen atoms in total. The van der Waals surface area contributed by atoms with Gasteiger partial charge >= 0.3 is 0 Å². The summed E-state index contributed by atoms with van der Waals surface area (Å²) in [5.41, 5.74) is 5.38. The van der Waals surface area contributed by atoms with Crippen molar-refractivity contribution in [3.63, 3.8) is 0 Å². The summed E-state index contributed by atoms with van der Waals surface area (Å²) < 4.78 is 7.65. The summed E-state index contributed by atoms with van der Waals surface area (Å²) >= 11 is 0. The van der Waals surface area contributed by atoms with Crippen LogP contribution in [-0.2, 0) is 24.3 Å². The van der Waals surface area contributed by atoms with Crippen LogP contribution in [0.4, 0.5) is 5.82 Å². The second-order valence-electron chi connectivity index (χ2n) is 7.59. The molecular formula is C24H21N5O2. The number of hydrogen-bond donors (Lipinski definition) is 2. The number of fused-ring (bicyclic) bond motifs is 2. The number of ether oxygens (including phenoxy) is 1. The van der Waals surface area contributed by atoms with E-state index in [0.29, 0.717) is 37.7 Å². The summed E-state index contributed by atoms with van der Waals surface area (Å²) in [6.45, 7) is 3.59. The van der Waals surface area contributed by atoms with Gasteiger partial charge in [0.1, 0.15) is 11.6 Å². The molecule has 1 aliphatic heterocycles. The van der Waals surface area contributed by atoms with Crippen LogP contribution in [0.15, 0.2) is 48.5 Å². The van der Waals surface area contributed by atoms with E-state index in [1.807, 2.05) is 47.9 Å². The standard InChI is InChI=1S/C24H21N5O2/c1-15-10-19-17(12-25)5-3-7-22(19)29(15)24-27-21-8-9-31-14-20(21)23(28-24)26-13-16-4-2-6-18(30)11-16/h2-7,10-11,30H,8-9,13-14H2,1H3,(H,26,27,28). The maximum absolute atomic E-state index is 9.75. The van der Waals surface area contributed by atoms with Gasteiger partial charge in [0.25, 0.3) is 0 Å². The van der Waals surface area contributed by atoms with Gasteiger partial charge in [0.05, 0.1) is 36.1 Å². The Morgan fingerprint density at radius 3 is 2.90 bits per heavy atom. The van der Waals surface area contributed by atoms with Crippen LogP contribution in [0.25, 0.3) is 16.9 Å². The van der Waals surface area contributed by atoms with E-state index in [0.717, 1.165) is 39.2 Å². The summed E-state index contributed by atoms with van der Waals surface area (Å²) in [4.78, 5) is 9.71. The molecule has 7 heteroatoms. The van der Waals surface area contributed by atoms with Gasteiger partial charge in [0.2, 0.25) is 5.95 Å². The van der Waals surface area contributed by atoms with E-state index in [2.05, 4.69) is 11.4 Å². The van der Waals surface area contributed by atoms with Gasteiger partial charge in [-0.05, 0) is 42.8 Å². The lowest BCUT2D eigenvalue weighted by Crippen LogP contribution is -2.19. The Hall–Kier alpha value is -3.89. The number of aromatic hydroxyl groups is 1. The quantitative estimate of drug-likeness (QED) is 0.527. The molecule has 5 rings (SSSR count). The summed E-state index contributed by atoms with van der Waals surface area (Å²) in [5, 5.41) is 23.5.